The highest BCUT2D eigenvalue weighted by molar-refractivity contribution is 6.00. The fraction of sp³-hybridized carbons (Fsp3) is 0.222. The van der Waals surface area contributed by atoms with Crippen molar-refractivity contribution in [1.29, 1.82) is 0 Å². The fourth-order valence-electron chi connectivity index (χ4n) is 2.27. The lowest BCUT2D eigenvalue weighted by Gasteiger charge is -2.03. The Hall–Kier alpha value is -3.22. The van der Waals surface area contributed by atoms with Gasteiger partial charge < -0.3 is 9.30 Å². The number of carbonyl (C=O) groups is 2. The number of hydrogen-bond acceptors (Lipinski definition) is 5. The molecule has 25 heavy (non-hydrogen) atoms. The molecule has 1 aromatic carbocycles. The number of rotatable bonds is 6. The average Bonchev–Trinajstić information content (AvgIpc) is 2.85. The Morgan fingerprint density at radius 1 is 1.24 bits per heavy atom. The molecule has 0 atom stereocenters. The lowest BCUT2D eigenvalue weighted by molar-refractivity contribution is -0.384. The van der Waals surface area contributed by atoms with Gasteiger partial charge in [0.15, 0.2) is 6.61 Å². The molecule has 0 amide bonds. The van der Waals surface area contributed by atoms with Gasteiger partial charge in [-0.1, -0.05) is 0 Å². The molecule has 0 saturated carbocycles. The van der Waals surface area contributed by atoms with Crippen LogP contribution in [0.1, 0.15) is 27.3 Å². The van der Waals surface area contributed by atoms with Gasteiger partial charge in [-0.25, -0.2) is 4.79 Å². The third-order valence-corrected chi connectivity index (χ3v) is 3.94. The van der Waals surface area contributed by atoms with E-state index < -0.39 is 10.9 Å². The highest BCUT2D eigenvalue weighted by Gasteiger charge is 2.15. The number of nitro benzene ring substituents is 1. The van der Waals surface area contributed by atoms with E-state index in [2.05, 4.69) is 0 Å². The van der Waals surface area contributed by atoms with E-state index in [-0.39, 0.29) is 18.1 Å². The van der Waals surface area contributed by atoms with Crippen LogP contribution in [-0.2, 0) is 16.6 Å². The van der Waals surface area contributed by atoms with Crippen LogP contribution < -0.4 is 0 Å². The summed E-state index contributed by atoms with van der Waals surface area (Å²) < 4.78 is 6.85. The summed E-state index contributed by atoms with van der Waals surface area (Å²) in [5.74, 6) is -0.921. The number of carbonyl (C=O) groups excluding carboxylic acids is 2. The normalized spacial score (nSPS) is 10.8. The van der Waals surface area contributed by atoms with Crippen LogP contribution in [0.15, 0.2) is 36.4 Å². The van der Waals surface area contributed by atoms with Gasteiger partial charge in [0.2, 0.25) is 5.78 Å². The summed E-state index contributed by atoms with van der Waals surface area (Å²) in [7, 11) is 1.86. The predicted molar refractivity (Wildman–Crippen MR) is 92.3 cm³/mol. The molecule has 0 bridgehead atoms. The molecule has 7 heteroatoms. The number of hydrogen-bond donors (Lipinski definition) is 0. The molecular weight excluding hydrogens is 324 g/mol. The predicted octanol–water partition coefficient (Wildman–Crippen LogP) is 2.99. The van der Waals surface area contributed by atoms with Crippen LogP contribution in [0.2, 0.25) is 0 Å². The number of esters is 1. The summed E-state index contributed by atoms with van der Waals surface area (Å²) in [6.07, 6.45) is 2.64. The molecule has 0 spiro atoms. The van der Waals surface area contributed by atoms with Crippen LogP contribution in [0.3, 0.4) is 0 Å². The summed E-state index contributed by atoms with van der Waals surface area (Å²) >= 11 is 0. The van der Waals surface area contributed by atoms with Gasteiger partial charge in [-0.05, 0) is 43.7 Å². The minimum atomic E-state index is -0.656. The van der Waals surface area contributed by atoms with E-state index in [0.717, 1.165) is 11.4 Å². The molecule has 0 saturated heterocycles. The standard InChI is InChI=1S/C18H18N2O5/c1-12-10-16(13(2)19(12)3)17(21)11-25-18(22)9-6-14-4-7-15(8-5-14)20(23)24/h4-10H,11H2,1-3H3/b9-6+. The number of benzene rings is 1. The maximum absolute atomic E-state index is 12.1. The van der Waals surface area contributed by atoms with Gasteiger partial charge in [0, 0.05) is 42.2 Å². The second-order valence-electron chi connectivity index (χ2n) is 5.56. The number of nitro groups is 1. The van der Waals surface area contributed by atoms with Gasteiger partial charge in [-0.15, -0.1) is 0 Å². The number of non-ortho nitro benzene ring substituents is 1. The first kappa shape index (κ1) is 18.1. The van der Waals surface area contributed by atoms with Gasteiger partial charge in [0.25, 0.3) is 5.69 Å². The van der Waals surface area contributed by atoms with Crippen LogP contribution in [0.4, 0.5) is 5.69 Å². The summed E-state index contributed by atoms with van der Waals surface area (Å²) in [6, 6.07) is 7.48. The number of nitrogens with zero attached hydrogens (tertiary/aromatic N) is 2. The third kappa shape index (κ3) is 4.41. The van der Waals surface area contributed by atoms with Crippen molar-refractivity contribution in [3.8, 4) is 0 Å². The molecule has 0 fully saturated rings. The molecule has 0 aliphatic carbocycles. The van der Waals surface area contributed by atoms with Gasteiger partial charge in [0.05, 0.1) is 4.92 Å². The quantitative estimate of drug-likeness (QED) is 0.265. The minimum Gasteiger partial charge on any atom is -0.454 e. The molecule has 0 aliphatic heterocycles. The monoisotopic (exact) mass is 342 g/mol. The molecule has 0 radical (unpaired) electrons. The van der Waals surface area contributed by atoms with Crippen molar-refractivity contribution in [2.45, 2.75) is 13.8 Å². The summed E-state index contributed by atoms with van der Waals surface area (Å²) in [5.41, 5.74) is 2.89. The average molecular weight is 342 g/mol. The zero-order chi connectivity index (χ0) is 18.6. The van der Waals surface area contributed by atoms with E-state index in [0.29, 0.717) is 11.1 Å². The van der Waals surface area contributed by atoms with Crippen molar-refractivity contribution in [3.05, 3.63) is 69.0 Å². The molecule has 2 rings (SSSR count). The Labute approximate surface area is 144 Å². The van der Waals surface area contributed by atoms with Crippen LogP contribution in [0.5, 0.6) is 0 Å². The minimum absolute atomic E-state index is 0.0288. The van der Waals surface area contributed by atoms with E-state index in [9.17, 15) is 19.7 Å². The van der Waals surface area contributed by atoms with Gasteiger partial charge in [0.1, 0.15) is 0 Å². The highest BCUT2D eigenvalue weighted by atomic mass is 16.6. The zero-order valence-electron chi connectivity index (χ0n) is 14.2. The number of ketones is 1. The third-order valence-electron chi connectivity index (χ3n) is 3.94. The molecule has 0 unspecified atom stereocenters. The van der Waals surface area contributed by atoms with Crippen molar-refractivity contribution in [2.24, 2.45) is 7.05 Å². The Bertz CT molecular complexity index is 847. The van der Waals surface area contributed by atoms with Crippen LogP contribution in [0.25, 0.3) is 6.08 Å². The van der Waals surface area contributed by atoms with E-state index >= 15 is 0 Å². The van der Waals surface area contributed by atoms with Gasteiger partial charge >= 0.3 is 5.97 Å². The first-order valence-electron chi connectivity index (χ1n) is 7.55. The van der Waals surface area contributed by atoms with E-state index in [1.54, 1.807) is 6.07 Å². The number of ether oxygens (including phenoxy) is 1. The second kappa shape index (κ2) is 7.57. The van der Waals surface area contributed by atoms with Crippen molar-refractivity contribution < 1.29 is 19.2 Å². The number of Topliss-reactive ketones (excluding diaryl/α,β-unsaturated/α-hetero) is 1. The lowest BCUT2D eigenvalue weighted by Crippen LogP contribution is -2.13. The number of aromatic nitrogens is 1. The van der Waals surface area contributed by atoms with Crippen LogP contribution >= 0.6 is 0 Å². The van der Waals surface area contributed by atoms with Crippen molar-refractivity contribution in [3.63, 3.8) is 0 Å². The molecule has 0 aliphatic rings. The van der Waals surface area contributed by atoms with E-state index in [4.69, 9.17) is 4.74 Å². The molecule has 1 heterocycles. The fourth-order valence-corrected chi connectivity index (χ4v) is 2.27. The molecule has 1 aromatic heterocycles. The Balaban J connectivity index is 1.92. The Morgan fingerprint density at radius 3 is 2.40 bits per heavy atom. The van der Waals surface area contributed by atoms with Crippen LogP contribution in [0, 0.1) is 24.0 Å². The number of aryl methyl sites for hydroxylation is 1. The summed E-state index contributed by atoms with van der Waals surface area (Å²) in [6.45, 7) is 3.38. The zero-order valence-corrected chi connectivity index (χ0v) is 14.2. The maximum Gasteiger partial charge on any atom is 0.331 e. The van der Waals surface area contributed by atoms with Gasteiger partial charge in [-0.3, -0.25) is 14.9 Å². The Morgan fingerprint density at radius 2 is 1.88 bits per heavy atom. The summed E-state index contributed by atoms with van der Waals surface area (Å²) in [4.78, 5) is 33.9. The second-order valence-corrected chi connectivity index (χ2v) is 5.56. The van der Waals surface area contributed by atoms with Gasteiger partial charge in [-0.2, -0.15) is 0 Å². The smallest absolute Gasteiger partial charge is 0.331 e. The van der Waals surface area contributed by atoms with E-state index in [1.165, 1.54) is 36.4 Å². The van der Waals surface area contributed by atoms with Crippen molar-refractivity contribution >= 4 is 23.5 Å². The molecule has 130 valence electrons. The molecule has 0 N–H and O–H groups in total. The first-order chi connectivity index (χ1) is 11.8. The first-order valence-corrected chi connectivity index (χ1v) is 7.55. The topological polar surface area (TPSA) is 91.4 Å². The van der Waals surface area contributed by atoms with Crippen molar-refractivity contribution in [2.75, 3.05) is 6.61 Å². The SMILES string of the molecule is Cc1cc(C(=O)COC(=O)/C=C/c2ccc([N+](=O)[O-])cc2)c(C)n1C. The van der Waals surface area contributed by atoms with Crippen LogP contribution in [-0.4, -0.2) is 27.8 Å². The maximum atomic E-state index is 12.1. The molecular formula is C18H18N2O5. The van der Waals surface area contributed by atoms with E-state index in [1.807, 2.05) is 25.5 Å². The highest BCUT2D eigenvalue weighted by Crippen LogP contribution is 2.14. The molecule has 2 aromatic rings. The Kier molecular flexibility index (Phi) is 5.49. The summed E-state index contributed by atoms with van der Waals surface area (Å²) in [5, 5.41) is 10.6. The van der Waals surface area contributed by atoms with Crippen molar-refractivity contribution in [1.82, 2.24) is 4.57 Å². The lowest BCUT2D eigenvalue weighted by atomic mass is 10.1. The molecule has 7 nitrogen and oxygen atoms in total. The largest absolute Gasteiger partial charge is 0.454 e.